The Hall–Kier alpha value is -4.62. The van der Waals surface area contributed by atoms with Crippen molar-refractivity contribution in [2.24, 2.45) is 0 Å². The van der Waals surface area contributed by atoms with E-state index < -0.39 is 0 Å². The molecule has 4 aromatic rings. The van der Waals surface area contributed by atoms with Gasteiger partial charge in [0.25, 0.3) is 6.47 Å². The van der Waals surface area contributed by atoms with Crippen LogP contribution < -0.4 is 14.2 Å². The van der Waals surface area contributed by atoms with E-state index in [1.807, 2.05) is 12.1 Å². The van der Waals surface area contributed by atoms with Gasteiger partial charge in [0.05, 0.1) is 17.2 Å². The van der Waals surface area contributed by atoms with Crippen LogP contribution >= 0.6 is 11.6 Å². The van der Waals surface area contributed by atoms with E-state index in [4.69, 9.17) is 35.7 Å². The molecule has 2 heterocycles. The molecule has 0 bridgehead atoms. The number of hydrogen-bond donors (Lipinski definition) is 1. The minimum atomic E-state index is -0.250. The average molecular weight is 713 g/mol. The molecule has 1 aliphatic heterocycles. The van der Waals surface area contributed by atoms with Crippen molar-refractivity contribution in [2.75, 3.05) is 39.8 Å². The second-order valence-electron chi connectivity index (χ2n) is 12.8. The van der Waals surface area contributed by atoms with E-state index >= 15 is 0 Å². The fourth-order valence-electron chi connectivity index (χ4n) is 6.31. The lowest BCUT2D eigenvalue weighted by atomic mass is 9.93. The molecule has 0 atom stereocenters. The SMILES string of the molecule is CCCN(C)Cc1cc(Cl)c(OCc2cccc(-c3cccc(OCCCN4CCCC4)c3C)c2C)cc1OCc1cncc(C#N)c1.O=CO. The van der Waals surface area contributed by atoms with Crippen LogP contribution in [0.5, 0.6) is 17.2 Å². The van der Waals surface area contributed by atoms with Gasteiger partial charge in [-0.3, -0.25) is 9.78 Å². The van der Waals surface area contributed by atoms with Crippen molar-refractivity contribution in [3.63, 3.8) is 0 Å². The Balaban J connectivity index is 0.00000188. The lowest BCUT2D eigenvalue weighted by Gasteiger charge is -2.21. The van der Waals surface area contributed by atoms with Gasteiger partial charge in [-0.2, -0.15) is 5.26 Å². The summed E-state index contributed by atoms with van der Waals surface area (Å²) in [5, 5.41) is 16.7. The second-order valence-corrected chi connectivity index (χ2v) is 13.2. The van der Waals surface area contributed by atoms with E-state index in [9.17, 15) is 5.26 Å². The van der Waals surface area contributed by atoms with Crippen LogP contribution in [0.3, 0.4) is 0 Å². The maximum absolute atomic E-state index is 9.28. The number of rotatable bonds is 16. The quantitative estimate of drug-likeness (QED) is 0.0904. The summed E-state index contributed by atoms with van der Waals surface area (Å²) in [4.78, 5) is 17.3. The Bertz CT molecular complexity index is 1770. The molecule has 3 aromatic carbocycles. The first-order valence-corrected chi connectivity index (χ1v) is 17.9. The third kappa shape index (κ3) is 11.4. The molecule has 0 spiro atoms. The zero-order valence-electron chi connectivity index (χ0n) is 30.2. The standard InChI is InChI=1S/C40H47ClN4O3.CH2O2/c1-5-15-44(4)26-34-21-37(41)40(22-39(34)47-27-32-20-31(23-42)24-43-25-32)48-28-33-11-8-12-35(29(33)2)36-13-9-14-38(30(36)3)46-19-10-18-45-16-6-7-17-45;2-1-3/h8-9,11-14,20-22,24-25H,5-7,10,15-19,26-28H2,1-4H3;1H,(H,2,3). The van der Waals surface area contributed by atoms with Crippen LogP contribution in [0.25, 0.3) is 11.1 Å². The first kappa shape index (κ1) is 39.2. The summed E-state index contributed by atoms with van der Waals surface area (Å²) in [6, 6.07) is 20.4. The molecule has 0 radical (unpaired) electrons. The van der Waals surface area contributed by atoms with Gasteiger partial charge < -0.3 is 29.1 Å². The second kappa shape index (κ2) is 20.3. The van der Waals surface area contributed by atoms with Gasteiger partial charge in [-0.25, -0.2) is 0 Å². The zero-order valence-corrected chi connectivity index (χ0v) is 30.9. The van der Waals surface area contributed by atoms with E-state index in [0.29, 0.717) is 35.2 Å². The van der Waals surface area contributed by atoms with E-state index in [1.165, 1.54) is 25.9 Å². The van der Waals surface area contributed by atoms with Crippen molar-refractivity contribution in [1.29, 1.82) is 5.26 Å². The molecule has 1 fully saturated rings. The highest BCUT2D eigenvalue weighted by molar-refractivity contribution is 6.32. The largest absolute Gasteiger partial charge is 0.493 e. The third-order valence-electron chi connectivity index (χ3n) is 8.96. The highest BCUT2D eigenvalue weighted by Gasteiger charge is 2.16. The van der Waals surface area contributed by atoms with Crippen LogP contribution in [0, 0.1) is 25.2 Å². The highest BCUT2D eigenvalue weighted by Crippen LogP contribution is 2.36. The molecule has 0 saturated carbocycles. The number of carbonyl (C=O) groups is 1. The third-order valence-corrected chi connectivity index (χ3v) is 9.25. The van der Waals surface area contributed by atoms with Gasteiger partial charge in [0, 0.05) is 42.7 Å². The van der Waals surface area contributed by atoms with Crippen molar-refractivity contribution >= 4 is 18.1 Å². The van der Waals surface area contributed by atoms with Crippen molar-refractivity contribution < 1.29 is 24.1 Å². The summed E-state index contributed by atoms with van der Waals surface area (Å²) >= 11 is 6.82. The van der Waals surface area contributed by atoms with E-state index in [0.717, 1.165) is 77.2 Å². The van der Waals surface area contributed by atoms with Crippen molar-refractivity contribution in [2.45, 2.75) is 66.2 Å². The predicted octanol–water partition coefficient (Wildman–Crippen LogP) is 8.46. The number of ether oxygens (including phenoxy) is 3. The first-order chi connectivity index (χ1) is 24.8. The Kier molecular flexibility index (Phi) is 15.6. The Morgan fingerprint density at radius 1 is 0.941 bits per heavy atom. The van der Waals surface area contributed by atoms with Crippen LogP contribution in [0.2, 0.25) is 5.02 Å². The molecule has 1 aromatic heterocycles. The Morgan fingerprint density at radius 2 is 1.65 bits per heavy atom. The van der Waals surface area contributed by atoms with Crippen LogP contribution in [-0.2, 0) is 24.6 Å². The number of hydrogen-bond acceptors (Lipinski definition) is 8. The highest BCUT2D eigenvalue weighted by atomic mass is 35.5. The van der Waals surface area contributed by atoms with Gasteiger partial charge in [-0.1, -0.05) is 48.9 Å². The van der Waals surface area contributed by atoms with Crippen LogP contribution in [0.4, 0.5) is 0 Å². The van der Waals surface area contributed by atoms with Gasteiger partial charge >= 0.3 is 0 Å². The number of carboxylic acid groups (broad SMARTS) is 1. The number of nitrogens with zero attached hydrogens (tertiary/aromatic N) is 4. The lowest BCUT2D eigenvalue weighted by Crippen LogP contribution is -2.22. The van der Waals surface area contributed by atoms with Gasteiger partial charge in [0.15, 0.2) is 0 Å². The van der Waals surface area contributed by atoms with Gasteiger partial charge in [-0.05, 0) is 112 Å². The average Bonchev–Trinajstić information content (AvgIpc) is 3.65. The number of benzene rings is 3. The lowest BCUT2D eigenvalue weighted by molar-refractivity contribution is -0.122. The normalized spacial score (nSPS) is 12.6. The molecular weight excluding hydrogens is 664 g/mol. The smallest absolute Gasteiger partial charge is 0.290 e. The Morgan fingerprint density at radius 3 is 2.37 bits per heavy atom. The molecule has 1 saturated heterocycles. The molecule has 5 rings (SSSR count). The van der Waals surface area contributed by atoms with E-state index in [1.54, 1.807) is 18.5 Å². The first-order valence-electron chi connectivity index (χ1n) is 17.5. The van der Waals surface area contributed by atoms with Gasteiger partial charge in [0.2, 0.25) is 0 Å². The summed E-state index contributed by atoms with van der Waals surface area (Å²) in [5.41, 5.74) is 7.99. The minimum absolute atomic E-state index is 0.250. The minimum Gasteiger partial charge on any atom is -0.493 e. The molecule has 0 amide bonds. The summed E-state index contributed by atoms with van der Waals surface area (Å²) in [6.45, 7) is 12.7. The molecular formula is C41H49ClN4O5. The summed E-state index contributed by atoms with van der Waals surface area (Å²) in [5.74, 6) is 2.19. The molecule has 0 aliphatic carbocycles. The fraction of sp³-hybridized carbons (Fsp3) is 0.390. The maximum atomic E-state index is 9.28. The maximum Gasteiger partial charge on any atom is 0.290 e. The molecule has 51 heavy (non-hydrogen) atoms. The predicted molar refractivity (Wildman–Crippen MR) is 202 cm³/mol. The van der Waals surface area contributed by atoms with Crippen molar-refractivity contribution in [3.05, 3.63) is 105 Å². The van der Waals surface area contributed by atoms with Crippen LogP contribution in [0.15, 0.2) is 67.0 Å². The molecule has 1 N–H and O–H groups in total. The number of halogens is 1. The number of pyridine rings is 1. The van der Waals surface area contributed by atoms with Crippen LogP contribution in [0.1, 0.15) is 66.0 Å². The molecule has 9 nitrogen and oxygen atoms in total. The Labute approximate surface area is 307 Å². The molecule has 270 valence electrons. The number of nitriles is 1. The summed E-state index contributed by atoms with van der Waals surface area (Å²) < 4.78 is 19.0. The summed E-state index contributed by atoms with van der Waals surface area (Å²) in [6.07, 6.45) is 7.97. The van der Waals surface area contributed by atoms with Gasteiger partial charge in [-0.15, -0.1) is 0 Å². The molecule has 10 heteroatoms. The van der Waals surface area contributed by atoms with Crippen molar-refractivity contribution in [1.82, 2.24) is 14.8 Å². The van der Waals surface area contributed by atoms with E-state index in [-0.39, 0.29) is 13.1 Å². The van der Waals surface area contributed by atoms with Crippen LogP contribution in [-0.4, -0.2) is 66.2 Å². The molecule has 1 aliphatic rings. The monoisotopic (exact) mass is 712 g/mol. The van der Waals surface area contributed by atoms with Gasteiger partial charge in [0.1, 0.15) is 36.5 Å². The fourth-order valence-corrected chi connectivity index (χ4v) is 6.55. The topological polar surface area (TPSA) is 108 Å². The van der Waals surface area contributed by atoms with Crippen molar-refractivity contribution in [3.8, 4) is 34.4 Å². The zero-order chi connectivity index (χ0) is 36.6. The number of likely N-dealkylation sites (tertiary alicyclic amines) is 1. The molecule has 0 unspecified atom stereocenters. The van der Waals surface area contributed by atoms with E-state index in [2.05, 4.69) is 85.1 Å². The summed E-state index contributed by atoms with van der Waals surface area (Å²) in [7, 11) is 2.08. The number of aromatic nitrogens is 1.